The van der Waals surface area contributed by atoms with Crippen LogP contribution in [0.3, 0.4) is 0 Å². The summed E-state index contributed by atoms with van der Waals surface area (Å²) < 4.78 is 0. The van der Waals surface area contributed by atoms with Crippen molar-refractivity contribution in [1.29, 1.82) is 0 Å². The number of hydrogen-bond donors (Lipinski definition) is 1. The van der Waals surface area contributed by atoms with Gasteiger partial charge in [-0.25, -0.2) is 0 Å². The number of likely N-dealkylation sites (tertiary alicyclic amines) is 1. The largest absolute Gasteiger partial charge is 0.335 e. The number of carbonyl (C=O) groups is 2. The summed E-state index contributed by atoms with van der Waals surface area (Å²) in [7, 11) is 0. The second kappa shape index (κ2) is 8.95. The predicted molar refractivity (Wildman–Crippen MR) is 129 cm³/mol. The van der Waals surface area contributed by atoms with Crippen LogP contribution >= 0.6 is 11.6 Å². The number of anilines is 1. The highest BCUT2D eigenvalue weighted by Crippen LogP contribution is 2.37. The Morgan fingerprint density at radius 1 is 0.812 bits per heavy atom. The molecule has 2 amide bonds. The van der Waals surface area contributed by atoms with Gasteiger partial charge in [0.25, 0.3) is 11.8 Å². The molecule has 2 atom stereocenters. The molecule has 0 bridgehead atoms. The average Bonchev–Trinajstić information content (AvgIpc) is 2.83. The SMILES string of the molecule is O=C(Nc1ccc(C(=O)N2CCCC3CCCCC32)c2ccccc12)c1ccccc1Cl. The first-order valence-electron chi connectivity index (χ1n) is 11.5. The van der Waals surface area contributed by atoms with E-state index < -0.39 is 0 Å². The lowest BCUT2D eigenvalue weighted by atomic mass is 9.78. The quantitative estimate of drug-likeness (QED) is 0.496. The van der Waals surface area contributed by atoms with Crippen molar-refractivity contribution in [2.45, 2.75) is 44.6 Å². The predicted octanol–water partition coefficient (Wildman–Crippen LogP) is 6.54. The van der Waals surface area contributed by atoms with E-state index in [1.165, 1.54) is 25.7 Å². The molecule has 32 heavy (non-hydrogen) atoms. The van der Waals surface area contributed by atoms with Gasteiger partial charge >= 0.3 is 0 Å². The van der Waals surface area contributed by atoms with E-state index in [2.05, 4.69) is 10.2 Å². The van der Waals surface area contributed by atoms with Gasteiger partial charge in [0.2, 0.25) is 0 Å². The van der Waals surface area contributed by atoms with Crippen molar-refractivity contribution >= 4 is 39.9 Å². The van der Waals surface area contributed by atoms with E-state index in [1.54, 1.807) is 24.3 Å². The molecule has 2 aliphatic rings. The third-order valence-corrected chi connectivity index (χ3v) is 7.35. The van der Waals surface area contributed by atoms with Crippen molar-refractivity contribution < 1.29 is 9.59 Å². The van der Waals surface area contributed by atoms with Gasteiger partial charge in [-0.05, 0) is 61.3 Å². The van der Waals surface area contributed by atoms with E-state index in [0.29, 0.717) is 33.8 Å². The molecule has 1 aliphatic heterocycles. The number of piperidine rings is 1. The van der Waals surface area contributed by atoms with Crippen molar-refractivity contribution in [2.24, 2.45) is 5.92 Å². The van der Waals surface area contributed by atoms with Crippen LogP contribution in [-0.4, -0.2) is 29.3 Å². The number of fused-ring (bicyclic) bond motifs is 2. The number of nitrogens with zero attached hydrogens (tertiary/aromatic N) is 1. The van der Waals surface area contributed by atoms with Gasteiger partial charge in [-0.1, -0.05) is 60.8 Å². The van der Waals surface area contributed by atoms with Crippen LogP contribution in [0.15, 0.2) is 60.7 Å². The molecule has 5 heteroatoms. The minimum absolute atomic E-state index is 0.113. The van der Waals surface area contributed by atoms with Crippen LogP contribution in [0.4, 0.5) is 5.69 Å². The van der Waals surface area contributed by atoms with Gasteiger partial charge in [-0.2, -0.15) is 0 Å². The van der Waals surface area contributed by atoms with Crippen LogP contribution in [0.1, 0.15) is 59.2 Å². The summed E-state index contributed by atoms with van der Waals surface area (Å²) in [5.74, 6) is 0.490. The van der Waals surface area contributed by atoms with E-state index in [1.807, 2.05) is 36.4 Å². The molecule has 1 saturated heterocycles. The summed E-state index contributed by atoms with van der Waals surface area (Å²) in [6.07, 6.45) is 7.16. The smallest absolute Gasteiger partial charge is 0.257 e. The Labute approximate surface area is 193 Å². The van der Waals surface area contributed by atoms with Crippen molar-refractivity contribution in [3.05, 3.63) is 76.8 Å². The van der Waals surface area contributed by atoms with Crippen LogP contribution in [0.2, 0.25) is 5.02 Å². The minimum atomic E-state index is -0.263. The molecule has 1 heterocycles. The second-order valence-electron chi connectivity index (χ2n) is 8.89. The van der Waals surface area contributed by atoms with E-state index in [9.17, 15) is 9.59 Å². The van der Waals surface area contributed by atoms with Crippen LogP contribution < -0.4 is 5.32 Å². The first-order chi connectivity index (χ1) is 15.6. The summed E-state index contributed by atoms with van der Waals surface area (Å²) >= 11 is 6.20. The number of carbonyl (C=O) groups excluding carboxylic acids is 2. The van der Waals surface area contributed by atoms with Gasteiger partial charge in [-0.15, -0.1) is 0 Å². The van der Waals surface area contributed by atoms with Crippen LogP contribution in [0.25, 0.3) is 10.8 Å². The standard InChI is InChI=1S/C27H27ClN2O2/c28-23-13-5-4-12-22(23)26(31)29-24-16-15-21(19-10-2-3-11-20(19)24)27(32)30-17-7-9-18-8-1-6-14-25(18)30/h2-5,10-13,15-16,18,25H,1,6-9,14,17H2,(H,29,31). The highest BCUT2D eigenvalue weighted by molar-refractivity contribution is 6.34. The number of hydrogen-bond acceptors (Lipinski definition) is 2. The highest BCUT2D eigenvalue weighted by Gasteiger charge is 2.36. The molecule has 4 nitrogen and oxygen atoms in total. The molecule has 5 rings (SSSR count). The number of nitrogens with one attached hydrogen (secondary N) is 1. The molecule has 0 radical (unpaired) electrons. The van der Waals surface area contributed by atoms with Gasteiger partial charge in [0, 0.05) is 29.2 Å². The maximum atomic E-state index is 13.7. The lowest BCUT2D eigenvalue weighted by Gasteiger charge is -2.44. The Bertz CT molecular complexity index is 1170. The third kappa shape index (κ3) is 3.88. The number of benzene rings is 3. The lowest BCUT2D eigenvalue weighted by Crippen LogP contribution is -2.49. The summed E-state index contributed by atoms with van der Waals surface area (Å²) in [5.41, 5.74) is 1.81. The Morgan fingerprint density at radius 2 is 1.53 bits per heavy atom. The van der Waals surface area contributed by atoms with Gasteiger partial charge in [0.15, 0.2) is 0 Å². The molecule has 2 fully saturated rings. The van der Waals surface area contributed by atoms with Gasteiger partial charge < -0.3 is 10.2 Å². The number of halogens is 1. The monoisotopic (exact) mass is 446 g/mol. The molecule has 0 spiro atoms. The van der Waals surface area contributed by atoms with Crippen LogP contribution in [0.5, 0.6) is 0 Å². The molecule has 1 saturated carbocycles. The maximum Gasteiger partial charge on any atom is 0.257 e. The summed E-state index contributed by atoms with van der Waals surface area (Å²) in [6, 6.07) is 18.9. The van der Waals surface area contributed by atoms with Gasteiger partial charge in [0.05, 0.1) is 10.6 Å². The molecule has 164 valence electrons. The summed E-state index contributed by atoms with van der Waals surface area (Å²) in [4.78, 5) is 28.6. The zero-order chi connectivity index (χ0) is 22.1. The zero-order valence-corrected chi connectivity index (χ0v) is 18.8. The molecule has 1 N–H and O–H groups in total. The fourth-order valence-corrected chi connectivity index (χ4v) is 5.68. The molecule has 3 aromatic carbocycles. The molecule has 1 aliphatic carbocycles. The van der Waals surface area contributed by atoms with E-state index in [-0.39, 0.29) is 11.8 Å². The topological polar surface area (TPSA) is 49.4 Å². The van der Waals surface area contributed by atoms with Crippen LogP contribution in [0, 0.1) is 5.92 Å². The fraction of sp³-hybridized carbons (Fsp3) is 0.333. The van der Waals surface area contributed by atoms with Crippen molar-refractivity contribution in [1.82, 2.24) is 4.90 Å². The van der Waals surface area contributed by atoms with E-state index in [0.717, 1.165) is 30.2 Å². The zero-order valence-electron chi connectivity index (χ0n) is 18.0. The van der Waals surface area contributed by atoms with Crippen molar-refractivity contribution in [3.8, 4) is 0 Å². The van der Waals surface area contributed by atoms with Gasteiger partial charge in [-0.3, -0.25) is 9.59 Å². The maximum absolute atomic E-state index is 13.7. The number of rotatable bonds is 3. The van der Waals surface area contributed by atoms with E-state index in [4.69, 9.17) is 11.6 Å². The molecule has 0 aromatic heterocycles. The van der Waals surface area contributed by atoms with Crippen LogP contribution in [-0.2, 0) is 0 Å². The average molecular weight is 447 g/mol. The van der Waals surface area contributed by atoms with Gasteiger partial charge in [0.1, 0.15) is 0 Å². The van der Waals surface area contributed by atoms with Crippen molar-refractivity contribution in [2.75, 3.05) is 11.9 Å². The lowest BCUT2D eigenvalue weighted by molar-refractivity contribution is 0.0392. The number of amides is 2. The van der Waals surface area contributed by atoms with E-state index >= 15 is 0 Å². The van der Waals surface area contributed by atoms with Crippen molar-refractivity contribution in [3.63, 3.8) is 0 Å². The molecule has 2 unspecified atom stereocenters. The highest BCUT2D eigenvalue weighted by atomic mass is 35.5. The Kier molecular flexibility index (Phi) is 5.88. The molecular formula is C27H27ClN2O2. The Hall–Kier alpha value is -2.85. The minimum Gasteiger partial charge on any atom is -0.335 e. The normalized spacial score (nSPS) is 20.6. The Morgan fingerprint density at radius 3 is 2.38 bits per heavy atom. The molecule has 3 aromatic rings. The fourth-order valence-electron chi connectivity index (χ4n) is 5.46. The summed E-state index contributed by atoms with van der Waals surface area (Å²) in [6.45, 7) is 0.833. The summed E-state index contributed by atoms with van der Waals surface area (Å²) in [5, 5.41) is 5.12. The third-order valence-electron chi connectivity index (χ3n) is 7.03. The molecular weight excluding hydrogens is 420 g/mol. The first-order valence-corrected chi connectivity index (χ1v) is 11.9. The Balaban J connectivity index is 1.48. The second-order valence-corrected chi connectivity index (χ2v) is 9.30. The first kappa shape index (κ1) is 21.0.